The molecule has 2 atom stereocenters. The van der Waals surface area contributed by atoms with Crippen LogP contribution >= 0.6 is 0 Å². The predicted octanol–water partition coefficient (Wildman–Crippen LogP) is 4.37. The molecule has 2 aliphatic rings. The molecule has 1 saturated heterocycles. The van der Waals surface area contributed by atoms with Crippen molar-refractivity contribution in [1.82, 2.24) is 14.7 Å². The first-order valence-electron chi connectivity index (χ1n) is 10.6. The molecule has 1 N–H and O–H groups in total. The number of halogens is 1. The molecule has 3 heterocycles. The molecule has 0 saturated carbocycles. The van der Waals surface area contributed by atoms with Crippen LogP contribution < -0.4 is 5.32 Å². The standard InChI is InChI=1S/C24H25FN4O2/c1-15-22(16(2)29(27-15)18-11-9-17(25)10-12-18)23-26-21-8-4-3-7-20(21)24(30)28(23)14-19-6-5-13-31-19/h3-4,7-12,19,23,26H,5-6,13-14H2,1-2H3/t19-,23+/m0/s1. The number of nitrogens with one attached hydrogen (secondary N) is 1. The first-order chi connectivity index (χ1) is 15.0. The van der Waals surface area contributed by atoms with Crippen molar-refractivity contribution in [3.05, 3.63) is 76.9 Å². The van der Waals surface area contributed by atoms with Crippen LogP contribution in [0.15, 0.2) is 48.5 Å². The molecule has 5 rings (SSSR count). The van der Waals surface area contributed by atoms with E-state index in [1.165, 1.54) is 12.1 Å². The van der Waals surface area contributed by atoms with Gasteiger partial charge in [0, 0.05) is 30.1 Å². The molecule has 0 unspecified atom stereocenters. The van der Waals surface area contributed by atoms with Crippen LogP contribution in [0.3, 0.4) is 0 Å². The monoisotopic (exact) mass is 420 g/mol. The van der Waals surface area contributed by atoms with E-state index in [-0.39, 0.29) is 24.0 Å². The molecule has 0 bridgehead atoms. The Hall–Kier alpha value is -3.19. The SMILES string of the molecule is Cc1nn(-c2ccc(F)cc2)c(C)c1[C@@H]1Nc2ccccc2C(=O)N1C[C@@H]1CCCO1. The van der Waals surface area contributed by atoms with Gasteiger partial charge in [-0.2, -0.15) is 5.10 Å². The third-order valence-electron chi connectivity index (χ3n) is 6.14. The smallest absolute Gasteiger partial charge is 0.257 e. The van der Waals surface area contributed by atoms with Gasteiger partial charge in [-0.1, -0.05) is 12.1 Å². The fraction of sp³-hybridized carbons (Fsp3) is 0.333. The van der Waals surface area contributed by atoms with E-state index < -0.39 is 0 Å². The lowest BCUT2D eigenvalue weighted by Gasteiger charge is -2.39. The van der Waals surface area contributed by atoms with E-state index in [9.17, 15) is 9.18 Å². The molecule has 160 valence electrons. The number of aromatic nitrogens is 2. The minimum Gasteiger partial charge on any atom is -0.376 e. The molecule has 0 radical (unpaired) electrons. The number of rotatable bonds is 4. The second kappa shape index (κ2) is 7.81. The molecule has 6 nitrogen and oxygen atoms in total. The van der Waals surface area contributed by atoms with Gasteiger partial charge >= 0.3 is 0 Å². The molecule has 0 aliphatic carbocycles. The number of fused-ring (bicyclic) bond motifs is 1. The molecule has 31 heavy (non-hydrogen) atoms. The minimum absolute atomic E-state index is 0.0109. The van der Waals surface area contributed by atoms with Crippen LogP contribution in [0.5, 0.6) is 0 Å². The Balaban J connectivity index is 1.58. The molecule has 2 aromatic carbocycles. The van der Waals surface area contributed by atoms with Gasteiger partial charge in [0.2, 0.25) is 0 Å². The van der Waals surface area contributed by atoms with Crippen molar-refractivity contribution in [2.24, 2.45) is 0 Å². The molecule has 7 heteroatoms. The van der Waals surface area contributed by atoms with E-state index in [1.54, 1.807) is 16.8 Å². The zero-order valence-corrected chi connectivity index (χ0v) is 17.6. The first kappa shape index (κ1) is 19.8. The summed E-state index contributed by atoms with van der Waals surface area (Å²) in [6, 6.07) is 13.8. The summed E-state index contributed by atoms with van der Waals surface area (Å²) in [6.07, 6.45) is 1.64. The number of amides is 1. The highest BCUT2D eigenvalue weighted by Gasteiger charge is 2.37. The third-order valence-corrected chi connectivity index (χ3v) is 6.14. The van der Waals surface area contributed by atoms with E-state index in [0.717, 1.165) is 47.8 Å². The Kier molecular flexibility index (Phi) is 4.98. The molecule has 1 amide bonds. The van der Waals surface area contributed by atoms with Crippen LogP contribution in [-0.2, 0) is 4.74 Å². The van der Waals surface area contributed by atoms with Gasteiger partial charge in [-0.15, -0.1) is 0 Å². The fourth-order valence-corrected chi connectivity index (χ4v) is 4.60. The van der Waals surface area contributed by atoms with E-state index >= 15 is 0 Å². The third kappa shape index (κ3) is 3.49. The predicted molar refractivity (Wildman–Crippen MR) is 116 cm³/mol. The summed E-state index contributed by atoms with van der Waals surface area (Å²) >= 11 is 0. The van der Waals surface area contributed by atoms with Gasteiger partial charge in [0.1, 0.15) is 12.0 Å². The van der Waals surface area contributed by atoms with E-state index in [1.807, 2.05) is 43.0 Å². The number of aryl methyl sites for hydroxylation is 1. The number of hydrogen-bond acceptors (Lipinski definition) is 4. The molecule has 1 fully saturated rings. The number of carbonyl (C=O) groups excluding carboxylic acids is 1. The lowest BCUT2D eigenvalue weighted by Crippen LogP contribution is -2.46. The van der Waals surface area contributed by atoms with Crippen molar-refractivity contribution in [1.29, 1.82) is 0 Å². The van der Waals surface area contributed by atoms with Gasteiger partial charge in [0.15, 0.2) is 0 Å². The quantitative estimate of drug-likeness (QED) is 0.681. The number of carbonyl (C=O) groups is 1. The summed E-state index contributed by atoms with van der Waals surface area (Å²) in [5, 5.41) is 8.28. The van der Waals surface area contributed by atoms with Crippen molar-refractivity contribution in [2.75, 3.05) is 18.5 Å². The van der Waals surface area contributed by atoms with Gasteiger partial charge in [-0.05, 0) is 63.1 Å². The van der Waals surface area contributed by atoms with E-state index in [2.05, 4.69) is 5.32 Å². The normalized spacial score (nSPS) is 20.6. The number of para-hydroxylation sites is 1. The van der Waals surface area contributed by atoms with Gasteiger partial charge in [0.05, 0.1) is 23.0 Å². The number of anilines is 1. The summed E-state index contributed by atoms with van der Waals surface area (Å²) in [7, 11) is 0. The van der Waals surface area contributed by atoms with Gasteiger partial charge in [-0.3, -0.25) is 4.79 Å². The Morgan fingerprint density at radius 2 is 1.94 bits per heavy atom. The van der Waals surface area contributed by atoms with Crippen LogP contribution in [0.25, 0.3) is 5.69 Å². The van der Waals surface area contributed by atoms with Crippen molar-refractivity contribution in [2.45, 2.75) is 39.0 Å². The first-order valence-corrected chi connectivity index (χ1v) is 10.6. The largest absolute Gasteiger partial charge is 0.376 e. The van der Waals surface area contributed by atoms with Gasteiger partial charge < -0.3 is 15.0 Å². The van der Waals surface area contributed by atoms with Gasteiger partial charge in [0.25, 0.3) is 5.91 Å². The van der Waals surface area contributed by atoms with Crippen molar-refractivity contribution in [3.8, 4) is 5.69 Å². The molecule has 3 aromatic rings. The lowest BCUT2D eigenvalue weighted by molar-refractivity contribution is 0.0426. The zero-order chi connectivity index (χ0) is 21.5. The average Bonchev–Trinajstić information content (AvgIpc) is 3.38. The summed E-state index contributed by atoms with van der Waals surface area (Å²) in [5.41, 5.74) is 4.94. The van der Waals surface area contributed by atoms with Crippen molar-refractivity contribution < 1.29 is 13.9 Å². The maximum Gasteiger partial charge on any atom is 0.257 e. The molecular formula is C24H25FN4O2. The minimum atomic E-state index is -0.360. The summed E-state index contributed by atoms with van der Waals surface area (Å²) in [5.74, 6) is -0.299. The molecule has 0 spiro atoms. The number of nitrogens with zero attached hydrogens (tertiary/aromatic N) is 3. The van der Waals surface area contributed by atoms with Gasteiger partial charge in [-0.25, -0.2) is 9.07 Å². The highest BCUT2D eigenvalue weighted by Crippen LogP contribution is 2.37. The second-order valence-corrected chi connectivity index (χ2v) is 8.16. The fourth-order valence-electron chi connectivity index (χ4n) is 4.60. The Bertz CT molecular complexity index is 1120. The molecule has 1 aromatic heterocycles. The highest BCUT2D eigenvalue weighted by atomic mass is 19.1. The van der Waals surface area contributed by atoms with Crippen LogP contribution in [-0.4, -0.2) is 39.8 Å². The van der Waals surface area contributed by atoms with E-state index in [0.29, 0.717) is 12.1 Å². The maximum absolute atomic E-state index is 13.5. The maximum atomic E-state index is 13.5. The summed E-state index contributed by atoms with van der Waals surface area (Å²) in [6.45, 7) is 5.18. The van der Waals surface area contributed by atoms with Crippen LogP contribution in [0.2, 0.25) is 0 Å². The number of benzene rings is 2. The molecular weight excluding hydrogens is 395 g/mol. The highest BCUT2D eigenvalue weighted by molar-refractivity contribution is 6.01. The van der Waals surface area contributed by atoms with E-state index in [4.69, 9.17) is 9.84 Å². The van der Waals surface area contributed by atoms with Crippen molar-refractivity contribution in [3.63, 3.8) is 0 Å². The second-order valence-electron chi connectivity index (χ2n) is 8.16. The summed E-state index contributed by atoms with van der Waals surface area (Å²) < 4.78 is 21.1. The Morgan fingerprint density at radius 1 is 1.16 bits per heavy atom. The van der Waals surface area contributed by atoms with Crippen LogP contribution in [0.4, 0.5) is 10.1 Å². The van der Waals surface area contributed by atoms with Crippen LogP contribution in [0, 0.1) is 19.7 Å². The Morgan fingerprint density at radius 3 is 2.68 bits per heavy atom. The summed E-state index contributed by atoms with van der Waals surface area (Å²) in [4.78, 5) is 15.4. The lowest BCUT2D eigenvalue weighted by atomic mass is 10.0. The topological polar surface area (TPSA) is 59.4 Å². The number of hydrogen-bond donors (Lipinski definition) is 1. The van der Waals surface area contributed by atoms with Crippen molar-refractivity contribution >= 4 is 11.6 Å². The Labute approximate surface area is 180 Å². The molecule has 2 aliphatic heterocycles. The number of ether oxygens (including phenoxy) is 1. The zero-order valence-electron chi connectivity index (χ0n) is 17.6. The average molecular weight is 420 g/mol. The van der Waals surface area contributed by atoms with Crippen LogP contribution in [0.1, 0.15) is 46.3 Å².